The van der Waals surface area contributed by atoms with Gasteiger partial charge in [-0.05, 0) is 13.8 Å². The van der Waals surface area contributed by atoms with Crippen molar-refractivity contribution in [2.45, 2.75) is 32.8 Å². The summed E-state index contributed by atoms with van der Waals surface area (Å²) in [6, 6.07) is 8.13. The molecular weight excluding hydrogens is 290 g/mol. The standard InChI is InChI=1S/C18H21N3O2/c1-3-13(2)18(22)23-15-8-10-21(11-9-15)17-16-7-5-4-6-14(16)12-19-20-17/h3-7,12,15H,8-11H2,1-2H3/b13-3+. The van der Waals surface area contributed by atoms with Gasteiger partial charge in [-0.25, -0.2) is 4.79 Å². The third-order valence-electron chi connectivity index (χ3n) is 4.32. The average Bonchev–Trinajstić information content (AvgIpc) is 2.61. The predicted octanol–water partition coefficient (Wildman–Crippen LogP) is 3.11. The number of anilines is 1. The number of carbonyl (C=O) groups is 1. The second-order valence-corrected chi connectivity index (χ2v) is 5.82. The molecule has 3 rings (SSSR count). The number of benzene rings is 1. The van der Waals surface area contributed by atoms with Crippen LogP contribution in [0.5, 0.6) is 0 Å². The van der Waals surface area contributed by atoms with Gasteiger partial charge >= 0.3 is 5.97 Å². The lowest BCUT2D eigenvalue weighted by Gasteiger charge is -2.32. The molecule has 5 nitrogen and oxygen atoms in total. The molecule has 1 saturated heterocycles. The fraction of sp³-hybridized carbons (Fsp3) is 0.389. The number of hydrogen-bond acceptors (Lipinski definition) is 5. The lowest BCUT2D eigenvalue weighted by atomic mass is 10.1. The van der Waals surface area contributed by atoms with E-state index in [-0.39, 0.29) is 12.1 Å². The summed E-state index contributed by atoms with van der Waals surface area (Å²) in [5.74, 6) is 0.702. The Morgan fingerprint density at radius 1 is 1.30 bits per heavy atom. The molecule has 0 unspecified atom stereocenters. The average molecular weight is 311 g/mol. The highest BCUT2D eigenvalue weighted by atomic mass is 16.5. The smallest absolute Gasteiger partial charge is 0.333 e. The minimum absolute atomic E-state index is 0.0171. The van der Waals surface area contributed by atoms with Gasteiger partial charge in [-0.1, -0.05) is 30.3 Å². The fourth-order valence-corrected chi connectivity index (χ4v) is 2.79. The lowest BCUT2D eigenvalue weighted by molar-refractivity contribution is -0.145. The van der Waals surface area contributed by atoms with Crippen molar-refractivity contribution in [1.29, 1.82) is 0 Å². The minimum Gasteiger partial charge on any atom is -0.459 e. The van der Waals surface area contributed by atoms with Gasteiger partial charge in [0.1, 0.15) is 6.10 Å². The third-order valence-corrected chi connectivity index (χ3v) is 4.32. The first kappa shape index (κ1) is 15.5. The molecule has 0 atom stereocenters. The van der Waals surface area contributed by atoms with E-state index in [4.69, 9.17) is 4.74 Å². The summed E-state index contributed by atoms with van der Waals surface area (Å²) in [5, 5.41) is 10.6. The van der Waals surface area contributed by atoms with Crippen LogP contribution in [0.4, 0.5) is 5.82 Å². The first-order valence-corrected chi connectivity index (χ1v) is 7.98. The molecule has 1 fully saturated rings. The Balaban J connectivity index is 1.68. The van der Waals surface area contributed by atoms with Crippen molar-refractivity contribution in [2.75, 3.05) is 18.0 Å². The Kier molecular flexibility index (Phi) is 4.55. The molecule has 1 aromatic carbocycles. The summed E-state index contributed by atoms with van der Waals surface area (Å²) in [6.45, 7) is 5.26. The van der Waals surface area contributed by atoms with E-state index in [0.29, 0.717) is 5.57 Å². The van der Waals surface area contributed by atoms with Crippen LogP contribution in [-0.4, -0.2) is 35.4 Å². The molecule has 0 saturated carbocycles. The first-order chi connectivity index (χ1) is 11.2. The number of fused-ring (bicyclic) bond motifs is 1. The van der Waals surface area contributed by atoms with E-state index >= 15 is 0 Å². The number of rotatable bonds is 3. The van der Waals surface area contributed by atoms with E-state index in [9.17, 15) is 4.79 Å². The number of hydrogen-bond donors (Lipinski definition) is 0. The Labute approximate surface area is 136 Å². The van der Waals surface area contributed by atoms with Crippen molar-refractivity contribution in [1.82, 2.24) is 10.2 Å². The Hall–Kier alpha value is -2.43. The van der Waals surface area contributed by atoms with Crippen LogP contribution in [-0.2, 0) is 9.53 Å². The maximum absolute atomic E-state index is 11.8. The SMILES string of the molecule is C/C=C(\C)C(=O)OC1CCN(c2nncc3ccccc23)CC1. The van der Waals surface area contributed by atoms with E-state index in [1.54, 1.807) is 19.2 Å². The highest BCUT2D eigenvalue weighted by Crippen LogP contribution is 2.26. The summed E-state index contributed by atoms with van der Waals surface area (Å²) >= 11 is 0. The van der Waals surface area contributed by atoms with Gasteiger partial charge in [0.25, 0.3) is 0 Å². The molecule has 0 bridgehead atoms. The van der Waals surface area contributed by atoms with Crippen molar-refractivity contribution in [2.24, 2.45) is 0 Å². The van der Waals surface area contributed by atoms with Gasteiger partial charge in [-0.2, -0.15) is 5.10 Å². The van der Waals surface area contributed by atoms with Crippen molar-refractivity contribution in [3.05, 3.63) is 42.1 Å². The van der Waals surface area contributed by atoms with E-state index in [0.717, 1.165) is 42.5 Å². The summed E-state index contributed by atoms with van der Waals surface area (Å²) in [5.41, 5.74) is 0.660. The minimum atomic E-state index is -0.212. The predicted molar refractivity (Wildman–Crippen MR) is 90.3 cm³/mol. The normalized spacial score (nSPS) is 16.6. The van der Waals surface area contributed by atoms with Crippen molar-refractivity contribution in [3.8, 4) is 0 Å². The monoisotopic (exact) mass is 311 g/mol. The molecule has 1 aliphatic heterocycles. The maximum Gasteiger partial charge on any atom is 0.333 e. The van der Waals surface area contributed by atoms with Crippen LogP contribution in [0.2, 0.25) is 0 Å². The van der Waals surface area contributed by atoms with Gasteiger partial charge in [0.2, 0.25) is 0 Å². The maximum atomic E-state index is 11.8. The molecular formula is C18H21N3O2. The number of carbonyl (C=O) groups excluding carboxylic acids is 1. The quantitative estimate of drug-likeness (QED) is 0.644. The van der Waals surface area contributed by atoms with Crippen LogP contribution in [0.15, 0.2) is 42.1 Å². The lowest BCUT2D eigenvalue weighted by Crippen LogP contribution is -2.38. The van der Waals surface area contributed by atoms with Gasteiger partial charge in [-0.3, -0.25) is 0 Å². The second-order valence-electron chi connectivity index (χ2n) is 5.82. The molecule has 0 amide bonds. The van der Waals surface area contributed by atoms with Gasteiger partial charge in [0, 0.05) is 42.3 Å². The summed E-state index contributed by atoms with van der Waals surface area (Å²) in [4.78, 5) is 14.1. The summed E-state index contributed by atoms with van der Waals surface area (Å²) < 4.78 is 5.55. The van der Waals surface area contributed by atoms with E-state index in [2.05, 4.69) is 21.2 Å². The number of esters is 1. The molecule has 120 valence electrons. The number of allylic oxidation sites excluding steroid dienone is 1. The largest absolute Gasteiger partial charge is 0.459 e. The highest BCUT2D eigenvalue weighted by Gasteiger charge is 2.24. The first-order valence-electron chi connectivity index (χ1n) is 7.98. The molecule has 0 N–H and O–H groups in total. The Morgan fingerprint density at radius 3 is 2.78 bits per heavy atom. The van der Waals surface area contributed by atoms with Crippen LogP contribution in [0.1, 0.15) is 26.7 Å². The molecule has 0 radical (unpaired) electrons. The van der Waals surface area contributed by atoms with Crippen molar-refractivity contribution < 1.29 is 9.53 Å². The topological polar surface area (TPSA) is 55.3 Å². The van der Waals surface area contributed by atoms with E-state index in [1.807, 2.05) is 25.1 Å². The zero-order chi connectivity index (χ0) is 16.2. The molecule has 2 aromatic rings. The molecule has 0 spiro atoms. The van der Waals surface area contributed by atoms with Crippen LogP contribution in [0.3, 0.4) is 0 Å². The molecule has 0 aliphatic carbocycles. The third kappa shape index (κ3) is 3.33. The number of ether oxygens (including phenoxy) is 1. The van der Waals surface area contributed by atoms with Crippen molar-refractivity contribution in [3.63, 3.8) is 0 Å². The van der Waals surface area contributed by atoms with Crippen LogP contribution in [0.25, 0.3) is 10.8 Å². The number of aromatic nitrogens is 2. The van der Waals surface area contributed by atoms with Crippen LogP contribution >= 0.6 is 0 Å². The van der Waals surface area contributed by atoms with Gasteiger partial charge in [-0.15, -0.1) is 5.10 Å². The summed E-state index contributed by atoms with van der Waals surface area (Å²) in [7, 11) is 0. The Morgan fingerprint density at radius 2 is 2.04 bits per heavy atom. The highest BCUT2D eigenvalue weighted by molar-refractivity contribution is 5.91. The molecule has 5 heteroatoms. The van der Waals surface area contributed by atoms with Gasteiger partial charge in [0.15, 0.2) is 5.82 Å². The van der Waals surface area contributed by atoms with E-state index in [1.165, 1.54) is 0 Å². The fourth-order valence-electron chi connectivity index (χ4n) is 2.79. The summed E-state index contributed by atoms with van der Waals surface area (Å²) in [6.07, 6.45) is 5.18. The Bertz CT molecular complexity index is 729. The van der Waals surface area contributed by atoms with E-state index < -0.39 is 0 Å². The number of nitrogens with zero attached hydrogens (tertiary/aromatic N) is 3. The molecule has 23 heavy (non-hydrogen) atoms. The molecule has 2 heterocycles. The second kappa shape index (κ2) is 6.77. The zero-order valence-corrected chi connectivity index (χ0v) is 13.5. The van der Waals surface area contributed by atoms with Gasteiger partial charge in [0.05, 0.1) is 6.20 Å². The molecule has 1 aromatic heterocycles. The van der Waals surface area contributed by atoms with Crippen LogP contribution < -0.4 is 4.90 Å². The molecule has 1 aliphatic rings. The van der Waals surface area contributed by atoms with Crippen molar-refractivity contribution >= 4 is 22.6 Å². The van der Waals surface area contributed by atoms with Gasteiger partial charge < -0.3 is 9.64 Å². The number of piperidine rings is 1. The zero-order valence-electron chi connectivity index (χ0n) is 13.5. The van der Waals surface area contributed by atoms with Crippen LogP contribution in [0, 0.1) is 0 Å².